The summed E-state index contributed by atoms with van der Waals surface area (Å²) >= 11 is 6.09. The summed E-state index contributed by atoms with van der Waals surface area (Å²) in [4.78, 5) is 10.2. The highest BCUT2D eigenvalue weighted by Gasteiger charge is 2.24. The third kappa shape index (κ3) is 3.07. The van der Waals surface area contributed by atoms with Gasteiger partial charge in [-0.3, -0.25) is 4.98 Å². The smallest absolute Gasteiger partial charge is 0.190 e. The topological polar surface area (TPSA) is 71.3 Å². The van der Waals surface area contributed by atoms with E-state index < -0.39 is 5.82 Å². The lowest BCUT2D eigenvalue weighted by molar-refractivity contribution is 0.375. The van der Waals surface area contributed by atoms with E-state index in [2.05, 4.69) is 9.97 Å². The second kappa shape index (κ2) is 7.42. The summed E-state index contributed by atoms with van der Waals surface area (Å²) < 4.78 is 25.2. The van der Waals surface area contributed by atoms with Gasteiger partial charge in [-0.2, -0.15) is 5.26 Å². The molecule has 0 spiro atoms. The molecule has 0 saturated carbocycles. The van der Waals surface area contributed by atoms with Gasteiger partial charge in [0.25, 0.3) is 0 Å². The molecule has 0 atom stereocenters. The van der Waals surface area contributed by atoms with E-state index in [1.807, 2.05) is 24.3 Å². The number of benzene rings is 2. The van der Waals surface area contributed by atoms with Crippen molar-refractivity contribution in [2.24, 2.45) is 0 Å². The summed E-state index contributed by atoms with van der Waals surface area (Å²) in [5.74, 6) is -0.353. The van der Waals surface area contributed by atoms with Gasteiger partial charge in [-0.15, -0.1) is 0 Å². The van der Waals surface area contributed by atoms with Crippen molar-refractivity contribution >= 4 is 34.1 Å². The minimum Gasteiger partial charge on any atom is -0.495 e. The van der Waals surface area contributed by atoms with Crippen molar-refractivity contribution in [1.29, 1.82) is 5.26 Å². The molecule has 0 fully saturated rings. The third-order valence-corrected chi connectivity index (χ3v) is 4.12. The molecule has 6 nitrogen and oxygen atoms in total. The second-order valence-electron chi connectivity index (χ2n) is 5.22. The minimum atomic E-state index is -0.719. The lowest BCUT2D eigenvalue weighted by Crippen LogP contribution is -2.20. The first kappa shape index (κ1) is 17.7. The molecule has 1 heterocycles. The van der Waals surface area contributed by atoms with E-state index in [4.69, 9.17) is 21.1 Å². The predicted molar refractivity (Wildman–Crippen MR) is 96.7 cm³/mol. The molecular formula is C18H14ClFN4O2. The highest BCUT2D eigenvalue weighted by Crippen LogP contribution is 2.43. The van der Waals surface area contributed by atoms with Gasteiger partial charge in [0.2, 0.25) is 0 Å². The van der Waals surface area contributed by atoms with Crippen LogP contribution in [0.4, 0.5) is 15.9 Å². The van der Waals surface area contributed by atoms with Gasteiger partial charge >= 0.3 is 0 Å². The SMILES string of the molecule is COc1cc(N(CC#N)c2cnc3ccccc3n2)c(F)c(OC)c1Cl. The van der Waals surface area contributed by atoms with E-state index >= 15 is 0 Å². The Balaban J connectivity index is 2.20. The Bertz CT molecular complexity index is 1010. The van der Waals surface area contributed by atoms with Gasteiger partial charge in [-0.05, 0) is 12.1 Å². The monoisotopic (exact) mass is 372 g/mol. The summed E-state index contributed by atoms with van der Waals surface area (Å²) in [6.45, 7) is -0.155. The summed E-state index contributed by atoms with van der Waals surface area (Å²) in [5.41, 5.74) is 1.37. The molecular weight excluding hydrogens is 359 g/mol. The average molecular weight is 373 g/mol. The highest BCUT2D eigenvalue weighted by molar-refractivity contribution is 6.33. The van der Waals surface area contributed by atoms with Crippen molar-refractivity contribution in [2.45, 2.75) is 0 Å². The molecule has 8 heteroatoms. The molecule has 2 aromatic carbocycles. The van der Waals surface area contributed by atoms with E-state index in [9.17, 15) is 9.65 Å². The zero-order valence-electron chi connectivity index (χ0n) is 14.0. The first-order chi connectivity index (χ1) is 12.6. The van der Waals surface area contributed by atoms with E-state index in [-0.39, 0.29) is 28.8 Å². The fraction of sp³-hybridized carbons (Fsp3) is 0.167. The van der Waals surface area contributed by atoms with Crippen LogP contribution in [0.3, 0.4) is 0 Å². The lowest BCUT2D eigenvalue weighted by atomic mass is 10.2. The summed E-state index contributed by atoms with van der Waals surface area (Å²) in [6, 6.07) is 10.7. The van der Waals surface area contributed by atoms with Crippen LogP contribution in [0.15, 0.2) is 36.5 Å². The van der Waals surface area contributed by atoms with Gasteiger partial charge in [-0.25, -0.2) is 9.37 Å². The number of fused-ring (bicyclic) bond motifs is 1. The number of para-hydroxylation sites is 2. The maximum atomic E-state index is 15.0. The molecule has 0 bridgehead atoms. The number of nitrogens with zero attached hydrogens (tertiary/aromatic N) is 4. The molecule has 0 aliphatic rings. The molecule has 3 aromatic rings. The van der Waals surface area contributed by atoms with Crippen LogP contribution in [0.5, 0.6) is 11.5 Å². The maximum Gasteiger partial charge on any atom is 0.190 e. The van der Waals surface area contributed by atoms with Gasteiger partial charge in [-0.1, -0.05) is 23.7 Å². The van der Waals surface area contributed by atoms with Gasteiger partial charge in [0.15, 0.2) is 17.4 Å². The predicted octanol–water partition coefficient (Wildman–Crippen LogP) is 4.10. The zero-order chi connectivity index (χ0) is 18.7. The standard InChI is InChI=1S/C18H14ClFN4O2/c1-25-14-9-13(17(20)18(26-2)16(14)19)24(8-7-21)15-10-22-11-5-3-4-6-12(11)23-15/h3-6,9-10H,8H2,1-2H3. The number of hydrogen-bond donors (Lipinski definition) is 0. The number of anilines is 2. The van der Waals surface area contributed by atoms with Crippen molar-refractivity contribution < 1.29 is 13.9 Å². The molecule has 26 heavy (non-hydrogen) atoms. The first-order valence-electron chi connectivity index (χ1n) is 7.57. The molecule has 0 saturated heterocycles. The van der Waals surface area contributed by atoms with Crippen LogP contribution in [0.25, 0.3) is 11.0 Å². The van der Waals surface area contributed by atoms with E-state index in [0.717, 1.165) is 0 Å². The van der Waals surface area contributed by atoms with Crippen molar-refractivity contribution in [1.82, 2.24) is 9.97 Å². The normalized spacial score (nSPS) is 10.4. The van der Waals surface area contributed by atoms with Crippen molar-refractivity contribution in [3.8, 4) is 17.6 Å². The Hall–Kier alpha value is -3.11. The maximum absolute atomic E-state index is 15.0. The molecule has 3 rings (SSSR count). The van der Waals surface area contributed by atoms with Gasteiger partial charge in [0.05, 0.1) is 43.2 Å². The van der Waals surface area contributed by atoms with E-state index in [1.54, 1.807) is 6.07 Å². The van der Waals surface area contributed by atoms with Crippen LogP contribution in [-0.2, 0) is 0 Å². The lowest BCUT2D eigenvalue weighted by Gasteiger charge is -2.23. The van der Waals surface area contributed by atoms with Gasteiger partial charge in [0.1, 0.15) is 17.3 Å². The fourth-order valence-corrected chi connectivity index (χ4v) is 2.83. The molecule has 0 unspecified atom stereocenters. The summed E-state index contributed by atoms with van der Waals surface area (Å²) in [5, 5.41) is 9.23. The van der Waals surface area contributed by atoms with Crippen LogP contribution < -0.4 is 14.4 Å². The number of ether oxygens (including phenoxy) is 2. The Morgan fingerprint density at radius 1 is 1.23 bits per heavy atom. The number of nitriles is 1. The van der Waals surface area contributed by atoms with Crippen LogP contribution in [-0.4, -0.2) is 30.7 Å². The largest absolute Gasteiger partial charge is 0.495 e. The zero-order valence-corrected chi connectivity index (χ0v) is 14.8. The molecule has 0 N–H and O–H groups in total. The van der Waals surface area contributed by atoms with E-state index in [1.165, 1.54) is 31.4 Å². The van der Waals surface area contributed by atoms with Crippen molar-refractivity contribution in [2.75, 3.05) is 25.7 Å². The average Bonchev–Trinajstić information content (AvgIpc) is 2.67. The summed E-state index contributed by atoms with van der Waals surface area (Å²) in [6.07, 6.45) is 1.48. The van der Waals surface area contributed by atoms with Crippen LogP contribution >= 0.6 is 11.6 Å². The molecule has 0 aliphatic carbocycles. The minimum absolute atomic E-state index is 0.0118. The van der Waals surface area contributed by atoms with Crippen molar-refractivity contribution in [3.05, 3.63) is 47.4 Å². The molecule has 0 amide bonds. The molecule has 1 aromatic heterocycles. The Morgan fingerprint density at radius 2 is 1.96 bits per heavy atom. The van der Waals surface area contributed by atoms with Crippen LogP contribution in [0.1, 0.15) is 0 Å². The number of rotatable bonds is 5. The van der Waals surface area contributed by atoms with Gasteiger partial charge < -0.3 is 14.4 Å². The van der Waals surface area contributed by atoms with E-state index in [0.29, 0.717) is 16.9 Å². The van der Waals surface area contributed by atoms with Gasteiger partial charge in [0, 0.05) is 6.07 Å². The quantitative estimate of drug-likeness (QED) is 0.628. The number of aromatic nitrogens is 2. The second-order valence-corrected chi connectivity index (χ2v) is 5.60. The number of hydrogen-bond acceptors (Lipinski definition) is 6. The van der Waals surface area contributed by atoms with Crippen LogP contribution in [0.2, 0.25) is 5.02 Å². The van der Waals surface area contributed by atoms with Crippen molar-refractivity contribution in [3.63, 3.8) is 0 Å². The molecule has 0 aliphatic heterocycles. The third-order valence-electron chi connectivity index (χ3n) is 3.76. The van der Waals surface area contributed by atoms with Crippen LogP contribution in [0, 0.1) is 17.1 Å². The molecule has 0 radical (unpaired) electrons. The Labute approximate surface area is 154 Å². The Morgan fingerprint density at radius 3 is 2.62 bits per heavy atom. The highest BCUT2D eigenvalue weighted by atomic mass is 35.5. The first-order valence-corrected chi connectivity index (χ1v) is 7.94. The fourth-order valence-electron chi connectivity index (χ4n) is 2.54. The number of halogens is 2. The number of methoxy groups -OCH3 is 2. The Kier molecular flexibility index (Phi) is 5.05. The molecule has 132 valence electrons. The summed E-state index contributed by atoms with van der Waals surface area (Å²) in [7, 11) is 2.71.